The third-order valence-electron chi connectivity index (χ3n) is 3.22. The number of anilines is 4. The van der Waals surface area contributed by atoms with Crippen molar-refractivity contribution in [1.82, 2.24) is 0 Å². The van der Waals surface area contributed by atoms with Crippen LogP contribution in [0.5, 0.6) is 0 Å². The lowest BCUT2D eigenvalue weighted by Gasteiger charge is -2.31. The Morgan fingerprint density at radius 1 is 1.20 bits per heavy atom. The van der Waals surface area contributed by atoms with Gasteiger partial charge in [0.05, 0.1) is 34.4 Å². The van der Waals surface area contributed by atoms with Gasteiger partial charge in [-0.3, -0.25) is 4.79 Å². The lowest BCUT2D eigenvalue weighted by atomic mass is 10.1. The summed E-state index contributed by atoms with van der Waals surface area (Å²) in [6.07, 6.45) is 0. The zero-order chi connectivity index (χ0) is 14.1. The zero-order valence-electron chi connectivity index (χ0n) is 10.6. The van der Waals surface area contributed by atoms with Gasteiger partial charge in [0.25, 0.3) is 0 Å². The van der Waals surface area contributed by atoms with Crippen LogP contribution in [0.4, 0.5) is 22.7 Å². The van der Waals surface area contributed by atoms with Gasteiger partial charge in [-0.15, -0.1) is 0 Å². The molecule has 0 aromatic heterocycles. The predicted molar refractivity (Wildman–Crippen MR) is 77.6 cm³/mol. The molecule has 5 nitrogen and oxygen atoms in total. The quantitative estimate of drug-likeness (QED) is 0.774. The number of carbonyl (C=O) groups is 1. The van der Waals surface area contributed by atoms with Crippen LogP contribution in [-0.2, 0) is 4.79 Å². The molecule has 5 heteroatoms. The second-order valence-corrected chi connectivity index (χ2v) is 4.54. The van der Waals surface area contributed by atoms with E-state index in [2.05, 4.69) is 11.4 Å². The number of nitrogens with two attached hydrogens (primary N) is 1. The standard InChI is InChI=1S/C15H12N4O/c16-8-10-5-6-11(17)14(7-10)19-9-15(20)18-12-3-1-2-4-13(12)19/h1-7H,9,17H2,(H,18,20). The Morgan fingerprint density at radius 2 is 2.00 bits per heavy atom. The van der Waals surface area contributed by atoms with Crippen LogP contribution in [0.25, 0.3) is 0 Å². The molecule has 0 bridgehead atoms. The minimum absolute atomic E-state index is 0.106. The van der Waals surface area contributed by atoms with Gasteiger partial charge in [0, 0.05) is 0 Å². The number of benzene rings is 2. The number of carbonyl (C=O) groups excluding carboxylic acids is 1. The fraction of sp³-hybridized carbons (Fsp3) is 0.0667. The van der Waals surface area contributed by atoms with E-state index < -0.39 is 0 Å². The highest BCUT2D eigenvalue weighted by atomic mass is 16.2. The molecular formula is C15H12N4O. The van der Waals surface area contributed by atoms with Crippen LogP contribution in [0.3, 0.4) is 0 Å². The van der Waals surface area contributed by atoms with E-state index >= 15 is 0 Å². The average molecular weight is 264 g/mol. The molecule has 2 aromatic rings. The molecule has 0 unspecified atom stereocenters. The van der Waals surface area contributed by atoms with Crippen LogP contribution >= 0.6 is 0 Å². The number of amides is 1. The van der Waals surface area contributed by atoms with Gasteiger partial charge in [0.15, 0.2) is 0 Å². The van der Waals surface area contributed by atoms with E-state index in [9.17, 15) is 4.79 Å². The summed E-state index contributed by atoms with van der Waals surface area (Å²) in [5, 5.41) is 11.8. The SMILES string of the molecule is N#Cc1ccc(N)c(N2CC(=O)Nc3ccccc32)c1. The van der Waals surface area contributed by atoms with E-state index in [0.29, 0.717) is 16.9 Å². The van der Waals surface area contributed by atoms with E-state index in [4.69, 9.17) is 11.0 Å². The van der Waals surface area contributed by atoms with E-state index in [1.165, 1.54) is 0 Å². The Morgan fingerprint density at radius 3 is 2.80 bits per heavy atom. The summed E-state index contributed by atoms with van der Waals surface area (Å²) >= 11 is 0. The molecular weight excluding hydrogens is 252 g/mol. The number of nitrogens with one attached hydrogen (secondary N) is 1. The Hall–Kier alpha value is -3.00. The smallest absolute Gasteiger partial charge is 0.244 e. The minimum Gasteiger partial charge on any atom is -0.397 e. The molecule has 3 N–H and O–H groups in total. The van der Waals surface area contributed by atoms with Crippen molar-refractivity contribution in [2.75, 3.05) is 22.5 Å². The Labute approximate surface area is 116 Å². The fourth-order valence-corrected chi connectivity index (χ4v) is 2.30. The molecule has 0 spiro atoms. The monoisotopic (exact) mass is 264 g/mol. The number of para-hydroxylation sites is 2. The van der Waals surface area contributed by atoms with E-state index in [1.807, 2.05) is 29.2 Å². The van der Waals surface area contributed by atoms with Crippen molar-refractivity contribution < 1.29 is 4.79 Å². The Kier molecular flexibility index (Phi) is 2.77. The summed E-state index contributed by atoms with van der Waals surface area (Å²) < 4.78 is 0. The van der Waals surface area contributed by atoms with Crippen LogP contribution in [0.1, 0.15) is 5.56 Å². The molecule has 0 aliphatic carbocycles. The molecule has 20 heavy (non-hydrogen) atoms. The number of hydrogen-bond acceptors (Lipinski definition) is 4. The molecule has 2 aromatic carbocycles. The van der Waals surface area contributed by atoms with Gasteiger partial charge in [-0.2, -0.15) is 5.26 Å². The van der Waals surface area contributed by atoms with Crippen molar-refractivity contribution in [1.29, 1.82) is 5.26 Å². The van der Waals surface area contributed by atoms with Gasteiger partial charge in [0.1, 0.15) is 6.54 Å². The molecule has 0 saturated heterocycles. The molecule has 1 aliphatic rings. The molecule has 0 radical (unpaired) electrons. The Bertz CT molecular complexity index is 733. The second-order valence-electron chi connectivity index (χ2n) is 4.54. The largest absolute Gasteiger partial charge is 0.397 e. The summed E-state index contributed by atoms with van der Waals surface area (Å²) in [4.78, 5) is 13.6. The molecule has 3 rings (SSSR count). The molecule has 1 amide bonds. The number of rotatable bonds is 1. The summed E-state index contributed by atoms with van der Waals surface area (Å²) in [6, 6.07) is 14.6. The van der Waals surface area contributed by atoms with Crippen LogP contribution in [0.2, 0.25) is 0 Å². The van der Waals surface area contributed by atoms with Gasteiger partial charge < -0.3 is 16.0 Å². The minimum atomic E-state index is -0.106. The third kappa shape index (κ3) is 1.93. The van der Waals surface area contributed by atoms with Crippen molar-refractivity contribution in [3.05, 3.63) is 48.0 Å². The number of nitrogens with zero attached hydrogens (tertiary/aromatic N) is 2. The van der Waals surface area contributed by atoms with Gasteiger partial charge >= 0.3 is 0 Å². The van der Waals surface area contributed by atoms with E-state index in [1.54, 1.807) is 18.2 Å². The third-order valence-corrected chi connectivity index (χ3v) is 3.22. The Balaban J connectivity index is 2.16. The second kappa shape index (κ2) is 4.59. The van der Waals surface area contributed by atoms with Crippen molar-refractivity contribution in [2.45, 2.75) is 0 Å². The van der Waals surface area contributed by atoms with E-state index in [0.717, 1.165) is 11.4 Å². The topological polar surface area (TPSA) is 82.2 Å². The predicted octanol–water partition coefficient (Wildman–Crippen LogP) is 2.23. The van der Waals surface area contributed by atoms with Crippen molar-refractivity contribution in [2.24, 2.45) is 0 Å². The summed E-state index contributed by atoms with van der Waals surface area (Å²) in [7, 11) is 0. The van der Waals surface area contributed by atoms with Gasteiger partial charge in [0.2, 0.25) is 5.91 Å². The van der Waals surface area contributed by atoms with Crippen LogP contribution in [0.15, 0.2) is 42.5 Å². The molecule has 98 valence electrons. The lowest BCUT2D eigenvalue weighted by Crippen LogP contribution is -2.35. The van der Waals surface area contributed by atoms with E-state index in [-0.39, 0.29) is 12.5 Å². The normalized spacial score (nSPS) is 13.3. The first-order chi connectivity index (χ1) is 9.69. The molecule has 1 aliphatic heterocycles. The maximum Gasteiger partial charge on any atom is 0.244 e. The van der Waals surface area contributed by atoms with Crippen molar-refractivity contribution in [3.63, 3.8) is 0 Å². The molecule has 0 fully saturated rings. The highest BCUT2D eigenvalue weighted by Crippen LogP contribution is 2.37. The van der Waals surface area contributed by atoms with Crippen LogP contribution in [0, 0.1) is 11.3 Å². The summed E-state index contributed by atoms with van der Waals surface area (Å²) in [6.45, 7) is 0.177. The molecule has 0 atom stereocenters. The maximum absolute atomic E-state index is 11.8. The average Bonchev–Trinajstić information content (AvgIpc) is 2.47. The van der Waals surface area contributed by atoms with Crippen LogP contribution in [-0.4, -0.2) is 12.5 Å². The van der Waals surface area contributed by atoms with Gasteiger partial charge in [-0.1, -0.05) is 12.1 Å². The molecule has 1 heterocycles. The summed E-state index contributed by atoms with van der Waals surface area (Å²) in [5.74, 6) is -0.106. The number of fused-ring (bicyclic) bond motifs is 1. The van der Waals surface area contributed by atoms with Crippen molar-refractivity contribution >= 4 is 28.7 Å². The molecule has 0 saturated carbocycles. The number of nitrogen functional groups attached to an aromatic ring is 1. The highest BCUT2D eigenvalue weighted by Gasteiger charge is 2.24. The first-order valence-corrected chi connectivity index (χ1v) is 6.15. The van der Waals surface area contributed by atoms with Crippen molar-refractivity contribution in [3.8, 4) is 6.07 Å². The first kappa shape index (κ1) is 12.1. The number of hydrogen-bond donors (Lipinski definition) is 2. The van der Waals surface area contributed by atoms with Gasteiger partial charge in [-0.25, -0.2) is 0 Å². The fourth-order valence-electron chi connectivity index (χ4n) is 2.30. The summed E-state index contributed by atoms with van der Waals surface area (Å²) in [5.41, 5.74) is 9.33. The number of nitriles is 1. The van der Waals surface area contributed by atoms with Crippen LogP contribution < -0.4 is 16.0 Å². The lowest BCUT2D eigenvalue weighted by molar-refractivity contribution is -0.115. The first-order valence-electron chi connectivity index (χ1n) is 6.15. The van der Waals surface area contributed by atoms with Gasteiger partial charge in [-0.05, 0) is 30.3 Å². The zero-order valence-corrected chi connectivity index (χ0v) is 10.6. The maximum atomic E-state index is 11.8. The highest BCUT2D eigenvalue weighted by molar-refractivity contribution is 6.04.